The molecule has 1 saturated heterocycles. The molecule has 200 valence electrons. The summed E-state index contributed by atoms with van der Waals surface area (Å²) in [6.45, 7) is 2.02. The summed E-state index contributed by atoms with van der Waals surface area (Å²) in [6.07, 6.45) is 5.07. The Morgan fingerprint density at radius 3 is 2.77 bits per heavy atom. The van der Waals surface area contributed by atoms with Gasteiger partial charge in [-0.1, -0.05) is 6.07 Å². The summed E-state index contributed by atoms with van der Waals surface area (Å²) in [6, 6.07) is 13.8. The van der Waals surface area contributed by atoms with E-state index in [1.807, 2.05) is 30.3 Å². The van der Waals surface area contributed by atoms with Crippen molar-refractivity contribution >= 4 is 27.5 Å². The first-order valence-electron chi connectivity index (χ1n) is 12.7. The van der Waals surface area contributed by atoms with Gasteiger partial charge in [-0.05, 0) is 72.2 Å². The number of pyridine rings is 1. The Morgan fingerprint density at radius 1 is 1.18 bits per heavy atom. The Bertz CT molecular complexity index is 1510. The molecule has 0 radical (unpaired) electrons. The van der Waals surface area contributed by atoms with Crippen molar-refractivity contribution in [3.63, 3.8) is 0 Å². The van der Waals surface area contributed by atoms with Crippen LogP contribution in [0.5, 0.6) is 5.75 Å². The first-order valence-corrected chi connectivity index (χ1v) is 13.5. The van der Waals surface area contributed by atoms with Gasteiger partial charge < -0.3 is 20.3 Å². The lowest BCUT2D eigenvalue weighted by Gasteiger charge is -2.40. The summed E-state index contributed by atoms with van der Waals surface area (Å²) in [5.74, 6) is 1.18. The first-order chi connectivity index (χ1) is 18.9. The highest BCUT2D eigenvalue weighted by Crippen LogP contribution is 2.37. The van der Waals surface area contributed by atoms with E-state index >= 15 is 0 Å². The lowest BCUT2D eigenvalue weighted by Crippen LogP contribution is -2.46. The third kappa shape index (κ3) is 5.11. The quantitative estimate of drug-likeness (QED) is 0.299. The van der Waals surface area contributed by atoms with Crippen LogP contribution in [0.4, 0.5) is 10.1 Å². The fraction of sp³-hybridized carbons (Fsp3) is 0.286. The Labute approximate surface area is 233 Å². The van der Waals surface area contributed by atoms with Crippen molar-refractivity contribution in [2.24, 2.45) is 0 Å². The normalized spacial score (nSPS) is 18.3. The van der Waals surface area contributed by atoms with Crippen LogP contribution >= 0.6 is 15.9 Å². The zero-order valence-electron chi connectivity index (χ0n) is 21.2. The van der Waals surface area contributed by atoms with E-state index in [1.54, 1.807) is 24.5 Å². The third-order valence-corrected chi connectivity index (χ3v) is 7.97. The van der Waals surface area contributed by atoms with Gasteiger partial charge in [0.1, 0.15) is 18.2 Å². The van der Waals surface area contributed by atoms with Crippen LogP contribution < -0.4 is 15.4 Å². The van der Waals surface area contributed by atoms with Crippen molar-refractivity contribution in [1.82, 2.24) is 30.4 Å². The molecule has 9 nitrogen and oxygen atoms in total. The van der Waals surface area contributed by atoms with Gasteiger partial charge in [0.2, 0.25) is 0 Å². The zero-order valence-corrected chi connectivity index (χ0v) is 22.8. The van der Waals surface area contributed by atoms with Crippen LogP contribution in [0.15, 0.2) is 65.4 Å². The third-order valence-electron chi connectivity index (χ3n) is 7.37. The molecular weight excluding hydrogens is 565 g/mol. The van der Waals surface area contributed by atoms with Gasteiger partial charge in [-0.15, -0.1) is 0 Å². The number of H-pyrrole nitrogens is 1. The molecule has 1 atom stereocenters. The number of aromatic amines is 1. The molecule has 2 aromatic carbocycles. The molecule has 39 heavy (non-hydrogen) atoms. The number of rotatable bonds is 6. The molecule has 2 aliphatic heterocycles. The molecular formula is C28H27BrFN7O2. The first kappa shape index (κ1) is 25.4. The number of hydrogen-bond donors (Lipinski definition) is 3. The molecule has 0 spiro atoms. The molecule has 1 fully saturated rings. The molecule has 1 amide bonds. The maximum atomic E-state index is 13.9. The molecule has 2 aromatic heterocycles. The minimum absolute atomic E-state index is 0.238. The van der Waals surface area contributed by atoms with Gasteiger partial charge in [-0.2, -0.15) is 5.10 Å². The minimum Gasteiger partial charge on any atom is -0.491 e. The monoisotopic (exact) mass is 591 g/mol. The summed E-state index contributed by atoms with van der Waals surface area (Å²) in [5.41, 5.74) is 2.47. The number of hydrogen-bond acceptors (Lipinski definition) is 7. The summed E-state index contributed by atoms with van der Waals surface area (Å²) in [4.78, 5) is 24.5. The van der Waals surface area contributed by atoms with Gasteiger partial charge in [0, 0.05) is 53.9 Å². The molecule has 0 bridgehead atoms. The number of carbonyl (C=O) groups excluding carboxylic acids is 1. The number of ether oxygens (including phenoxy) is 1. The average molecular weight is 592 g/mol. The molecule has 4 heterocycles. The number of benzene rings is 2. The zero-order chi connectivity index (χ0) is 27.0. The topological polar surface area (TPSA) is 108 Å². The number of nitrogens with one attached hydrogen (secondary N) is 3. The fourth-order valence-electron chi connectivity index (χ4n) is 5.11. The second kappa shape index (κ2) is 10.4. The fourth-order valence-corrected chi connectivity index (χ4v) is 5.47. The van der Waals surface area contributed by atoms with Gasteiger partial charge in [0.05, 0.1) is 16.1 Å². The van der Waals surface area contributed by atoms with E-state index in [0.717, 1.165) is 48.6 Å². The van der Waals surface area contributed by atoms with E-state index in [1.165, 1.54) is 6.07 Å². The highest BCUT2D eigenvalue weighted by atomic mass is 79.9. The van der Waals surface area contributed by atoms with E-state index in [9.17, 15) is 9.18 Å². The Balaban J connectivity index is 1.23. The number of amides is 1. The largest absolute Gasteiger partial charge is 0.491 e. The number of likely N-dealkylation sites (tertiary alicyclic amines) is 1. The summed E-state index contributed by atoms with van der Waals surface area (Å²) >= 11 is 3.22. The molecule has 11 heteroatoms. The second-order valence-corrected chi connectivity index (χ2v) is 10.8. The van der Waals surface area contributed by atoms with E-state index in [4.69, 9.17) is 9.72 Å². The lowest BCUT2D eigenvalue weighted by molar-refractivity contribution is 0.0930. The Kier molecular flexibility index (Phi) is 6.78. The minimum atomic E-state index is -0.478. The predicted molar refractivity (Wildman–Crippen MR) is 148 cm³/mol. The van der Waals surface area contributed by atoms with Crippen molar-refractivity contribution in [1.29, 1.82) is 0 Å². The van der Waals surface area contributed by atoms with Crippen LogP contribution in [0.1, 0.15) is 40.6 Å². The SMILES string of the molecule is CN1CCC(Nc2cccc(C(=O)NC3COc4cc(F)c(Br)cc43)c2)(c2nc(-c3ccncc3)n[nH]2)CC1. The molecule has 0 aliphatic carbocycles. The van der Waals surface area contributed by atoms with Crippen molar-refractivity contribution in [3.8, 4) is 17.1 Å². The van der Waals surface area contributed by atoms with E-state index < -0.39 is 11.4 Å². The smallest absolute Gasteiger partial charge is 0.251 e. The predicted octanol–water partition coefficient (Wildman–Crippen LogP) is 4.66. The van der Waals surface area contributed by atoms with E-state index in [-0.39, 0.29) is 18.6 Å². The molecule has 3 N–H and O–H groups in total. The van der Waals surface area contributed by atoms with Gasteiger partial charge in [0.15, 0.2) is 11.6 Å². The van der Waals surface area contributed by atoms with Gasteiger partial charge in [-0.3, -0.25) is 14.9 Å². The van der Waals surface area contributed by atoms with Crippen LogP contribution in [0.3, 0.4) is 0 Å². The Hall–Kier alpha value is -3.83. The number of fused-ring (bicyclic) bond motifs is 1. The number of aromatic nitrogens is 4. The number of carbonyl (C=O) groups is 1. The molecule has 1 unspecified atom stereocenters. The number of piperidine rings is 1. The molecule has 6 rings (SSSR count). The molecule has 2 aliphatic rings. The molecule has 4 aromatic rings. The van der Waals surface area contributed by atoms with E-state index in [0.29, 0.717) is 21.6 Å². The average Bonchev–Trinajstić information content (AvgIpc) is 3.60. The highest BCUT2D eigenvalue weighted by molar-refractivity contribution is 9.10. The van der Waals surface area contributed by atoms with Crippen LogP contribution in [-0.4, -0.2) is 57.7 Å². The van der Waals surface area contributed by atoms with Crippen LogP contribution in [-0.2, 0) is 5.54 Å². The van der Waals surface area contributed by atoms with Crippen molar-refractivity contribution < 1.29 is 13.9 Å². The van der Waals surface area contributed by atoms with Gasteiger partial charge in [0.25, 0.3) is 5.91 Å². The highest BCUT2D eigenvalue weighted by Gasteiger charge is 2.39. The Morgan fingerprint density at radius 2 is 1.97 bits per heavy atom. The number of anilines is 1. The van der Waals surface area contributed by atoms with Gasteiger partial charge in [-0.25, -0.2) is 9.37 Å². The van der Waals surface area contributed by atoms with Gasteiger partial charge >= 0.3 is 0 Å². The number of nitrogens with zero attached hydrogens (tertiary/aromatic N) is 4. The molecule has 0 saturated carbocycles. The van der Waals surface area contributed by atoms with Crippen LogP contribution in [0.25, 0.3) is 11.4 Å². The van der Waals surface area contributed by atoms with E-state index in [2.05, 4.69) is 53.7 Å². The standard InChI is InChI=1S/C28H27BrFN7O2/c1-37-11-7-28(8-12-37,27-33-25(35-36-27)17-5-9-31-10-6-17)34-19-4-2-3-18(13-19)26(38)32-23-16-39-24-15-22(30)21(29)14-20(23)24/h2-6,9-10,13-15,23,34H,7-8,11-12,16H2,1H3,(H,32,38)(H,33,35,36). The summed E-state index contributed by atoms with van der Waals surface area (Å²) in [7, 11) is 2.11. The summed E-state index contributed by atoms with van der Waals surface area (Å²) in [5, 5.41) is 14.4. The second-order valence-electron chi connectivity index (χ2n) is 9.98. The maximum Gasteiger partial charge on any atom is 0.251 e. The lowest BCUT2D eigenvalue weighted by atomic mass is 9.86. The summed E-state index contributed by atoms with van der Waals surface area (Å²) < 4.78 is 19.8. The van der Waals surface area contributed by atoms with Crippen LogP contribution in [0, 0.1) is 5.82 Å². The van der Waals surface area contributed by atoms with Crippen molar-refractivity contribution in [3.05, 3.63) is 88.2 Å². The maximum absolute atomic E-state index is 13.9. The van der Waals surface area contributed by atoms with Crippen molar-refractivity contribution in [2.75, 3.05) is 32.1 Å². The van der Waals surface area contributed by atoms with Crippen molar-refractivity contribution in [2.45, 2.75) is 24.4 Å². The van der Waals surface area contributed by atoms with Crippen LogP contribution in [0.2, 0.25) is 0 Å². The number of halogens is 2.